The molecule has 0 fully saturated rings. The molecule has 0 bridgehead atoms. The highest BCUT2D eigenvalue weighted by Crippen LogP contribution is 2.22. The summed E-state index contributed by atoms with van der Waals surface area (Å²) in [4.78, 5) is 24.3. The standard InChI is InChI=1S/C33H38N6O10S4/c34-50(42,43)28-16-12-26(13-17-28)38-52(46,47)30-20-8-24(9-21-30)36-32(40)6-4-2-1-3-5-7-33(41)37-25-10-22-31(23-11-25)53(48,49)39-27-14-18-29(19-15-27)51(35,44)45/h8-23,38-39H,1-7H2,(H,36,40)(H,37,41)(H2,34,42,43)(H2,35,44,45). The molecule has 284 valence electrons. The monoisotopic (exact) mass is 806 g/mol. The van der Waals surface area contributed by atoms with Crippen LogP contribution >= 0.6 is 0 Å². The highest BCUT2D eigenvalue weighted by molar-refractivity contribution is 7.93. The van der Waals surface area contributed by atoms with Gasteiger partial charge in [-0.05, 0) is 110 Å². The number of nitrogens with one attached hydrogen (secondary N) is 4. The smallest absolute Gasteiger partial charge is 0.261 e. The number of amides is 2. The summed E-state index contributed by atoms with van der Waals surface area (Å²) in [6.07, 6.45) is 4.06. The SMILES string of the molecule is NS(=O)(=O)c1ccc(NS(=O)(=O)c2ccc(NC(=O)CCCCCCCC(=O)Nc3ccc(S(=O)(=O)Nc4ccc(S(N)(=O)=O)cc4)cc3)cc2)cc1. The van der Waals surface area contributed by atoms with Crippen LogP contribution in [0.4, 0.5) is 22.7 Å². The lowest BCUT2D eigenvalue weighted by Gasteiger charge is -2.10. The van der Waals surface area contributed by atoms with Crippen molar-refractivity contribution in [1.29, 1.82) is 0 Å². The van der Waals surface area contributed by atoms with Crippen LogP contribution in [0.25, 0.3) is 0 Å². The van der Waals surface area contributed by atoms with E-state index in [0.29, 0.717) is 24.2 Å². The quantitative estimate of drug-likeness (QED) is 0.0790. The summed E-state index contributed by atoms with van der Waals surface area (Å²) in [5, 5.41) is 15.6. The second-order valence-corrected chi connectivity index (χ2v) is 18.3. The normalized spacial score (nSPS) is 12.1. The highest BCUT2D eigenvalue weighted by atomic mass is 32.2. The van der Waals surface area contributed by atoms with Crippen LogP contribution in [0.2, 0.25) is 0 Å². The molecule has 20 heteroatoms. The van der Waals surface area contributed by atoms with Gasteiger partial charge in [0.2, 0.25) is 31.9 Å². The van der Waals surface area contributed by atoms with Crippen molar-refractivity contribution < 1.29 is 43.3 Å². The Labute approximate surface area is 308 Å². The Morgan fingerprint density at radius 1 is 0.396 bits per heavy atom. The molecule has 0 unspecified atom stereocenters. The second kappa shape index (κ2) is 17.3. The van der Waals surface area contributed by atoms with Crippen molar-refractivity contribution in [3.8, 4) is 0 Å². The molecule has 0 aromatic heterocycles. The molecule has 4 aromatic rings. The van der Waals surface area contributed by atoms with Crippen LogP contribution in [0.1, 0.15) is 44.9 Å². The van der Waals surface area contributed by atoms with Gasteiger partial charge in [-0.2, -0.15) is 0 Å². The van der Waals surface area contributed by atoms with Crippen LogP contribution < -0.4 is 30.4 Å². The minimum Gasteiger partial charge on any atom is -0.326 e. The Morgan fingerprint density at radius 3 is 0.962 bits per heavy atom. The fourth-order valence-corrected chi connectivity index (χ4v) is 7.98. The van der Waals surface area contributed by atoms with Crippen molar-refractivity contribution in [3.63, 3.8) is 0 Å². The van der Waals surface area contributed by atoms with E-state index in [4.69, 9.17) is 10.3 Å². The number of hydrogen-bond acceptors (Lipinski definition) is 10. The number of hydrogen-bond donors (Lipinski definition) is 6. The van der Waals surface area contributed by atoms with E-state index in [1.807, 2.05) is 0 Å². The maximum Gasteiger partial charge on any atom is 0.261 e. The van der Waals surface area contributed by atoms with Crippen molar-refractivity contribution >= 4 is 74.7 Å². The van der Waals surface area contributed by atoms with Crippen LogP contribution in [0, 0.1) is 0 Å². The average Bonchev–Trinajstić information content (AvgIpc) is 3.07. The second-order valence-electron chi connectivity index (χ2n) is 11.8. The topological polar surface area (TPSA) is 271 Å². The van der Waals surface area contributed by atoms with E-state index in [2.05, 4.69) is 20.1 Å². The minimum absolute atomic E-state index is 0.0624. The number of primary sulfonamides is 2. The summed E-state index contributed by atoms with van der Waals surface area (Å²) in [5.41, 5.74) is 1.12. The Hall–Kier alpha value is -4.86. The van der Waals surface area contributed by atoms with E-state index in [9.17, 15) is 43.3 Å². The number of rotatable bonds is 18. The molecule has 0 heterocycles. The molecule has 53 heavy (non-hydrogen) atoms. The van der Waals surface area contributed by atoms with Crippen LogP contribution in [0.5, 0.6) is 0 Å². The van der Waals surface area contributed by atoms with E-state index < -0.39 is 40.1 Å². The lowest BCUT2D eigenvalue weighted by Crippen LogP contribution is -2.15. The molecule has 4 rings (SSSR count). The van der Waals surface area contributed by atoms with Crippen LogP contribution in [-0.2, 0) is 49.7 Å². The first-order chi connectivity index (χ1) is 24.8. The number of unbranched alkanes of at least 4 members (excludes halogenated alkanes) is 4. The fourth-order valence-electron chi connectivity index (χ4n) is 4.84. The van der Waals surface area contributed by atoms with E-state index in [-0.39, 0.29) is 55.6 Å². The van der Waals surface area contributed by atoms with Crippen molar-refractivity contribution in [1.82, 2.24) is 0 Å². The summed E-state index contributed by atoms with van der Waals surface area (Å²) in [7, 11) is -15.8. The Kier molecular flexibility index (Phi) is 13.4. The van der Waals surface area contributed by atoms with Gasteiger partial charge >= 0.3 is 0 Å². The van der Waals surface area contributed by atoms with Gasteiger partial charge in [0.1, 0.15) is 0 Å². The largest absolute Gasteiger partial charge is 0.326 e. The first kappa shape index (κ1) is 40.9. The molecule has 0 radical (unpaired) electrons. The summed E-state index contributed by atoms with van der Waals surface area (Å²) >= 11 is 0. The fraction of sp³-hybridized carbons (Fsp3) is 0.212. The molecule has 0 atom stereocenters. The summed E-state index contributed by atoms with van der Waals surface area (Å²) < 4.78 is 101. The molecular formula is C33H38N6O10S4. The number of sulfonamides is 4. The number of anilines is 4. The van der Waals surface area contributed by atoms with E-state index in [0.717, 1.165) is 19.3 Å². The highest BCUT2D eigenvalue weighted by Gasteiger charge is 2.17. The number of nitrogens with two attached hydrogens (primary N) is 2. The number of carbonyl (C=O) groups excluding carboxylic acids is 2. The van der Waals surface area contributed by atoms with Gasteiger partial charge in [-0.25, -0.2) is 43.9 Å². The third-order valence-corrected chi connectivity index (χ3v) is 12.2. The zero-order valence-corrected chi connectivity index (χ0v) is 31.3. The van der Waals surface area contributed by atoms with Gasteiger partial charge in [0, 0.05) is 35.6 Å². The Balaban J connectivity index is 1.11. The van der Waals surface area contributed by atoms with Gasteiger partial charge in [-0.15, -0.1) is 0 Å². The molecule has 4 aromatic carbocycles. The molecule has 0 aliphatic carbocycles. The molecule has 0 aliphatic heterocycles. The third-order valence-electron chi connectivity index (χ3n) is 7.57. The van der Waals surface area contributed by atoms with E-state index >= 15 is 0 Å². The lowest BCUT2D eigenvalue weighted by molar-refractivity contribution is -0.117. The van der Waals surface area contributed by atoms with Crippen molar-refractivity contribution in [2.24, 2.45) is 10.3 Å². The first-order valence-electron chi connectivity index (χ1n) is 15.9. The lowest BCUT2D eigenvalue weighted by atomic mass is 10.1. The maximum atomic E-state index is 12.7. The van der Waals surface area contributed by atoms with Gasteiger partial charge in [-0.3, -0.25) is 19.0 Å². The number of benzene rings is 4. The zero-order chi connectivity index (χ0) is 38.9. The summed E-state index contributed by atoms with van der Waals surface area (Å²) in [6.45, 7) is 0. The van der Waals surface area contributed by atoms with Gasteiger partial charge < -0.3 is 10.6 Å². The molecule has 0 saturated heterocycles. The average molecular weight is 807 g/mol. The molecule has 0 spiro atoms. The third kappa shape index (κ3) is 12.6. The molecule has 0 saturated carbocycles. The minimum atomic E-state index is -3.98. The van der Waals surface area contributed by atoms with Gasteiger partial charge in [-0.1, -0.05) is 19.3 Å². The molecule has 2 amide bonds. The molecule has 16 nitrogen and oxygen atoms in total. The summed E-state index contributed by atoms with van der Waals surface area (Å²) in [6, 6.07) is 21.0. The zero-order valence-electron chi connectivity index (χ0n) is 28.1. The Morgan fingerprint density at radius 2 is 0.660 bits per heavy atom. The van der Waals surface area contributed by atoms with Gasteiger partial charge in [0.25, 0.3) is 20.0 Å². The van der Waals surface area contributed by atoms with Gasteiger partial charge in [0.05, 0.1) is 19.6 Å². The first-order valence-corrected chi connectivity index (χ1v) is 22.0. The van der Waals surface area contributed by atoms with Crippen molar-refractivity contribution in [2.45, 2.75) is 64.5 Å². The van der Waals surface area contributed by atoms with Gasteiger partial charge in [0.15, 0.2) is 0 Å². The van der Waals surface area contributed by atoms with Crippen molar-refractivity contribution in [2.75, 3.05) is 20.1 Å². The van der Waals surface area contributed by atoms with Crippen molar-refractivity contribution in [3.05, 3.63) is 97.1 Å². The van der Waals surface area contributed by atoms with Crippen LogP contribution in [-0.4, -0.2) is 45.5 Å². The molecule has 0 aliphatic rings. The predicted octanol–water partition coefficient (Wildman–Crippen LogP) is 3.89. The summed E-state index contributed by atoms with van der Waals surface area (Å²) in [5.74, 6) is -0.470. The predicted molar refractivity (Wildman–Crippen MR) is 200 cm³/mol. The molecule has 8 N–H and O–H groups in total. The number of carbonyl (C=O) groups is 2. The van der Waals surface area contributed by atoms with Crippen LogP contribution in [0.15, 0.2) is 117 Å². The molecular weight excluding hydrogens is 769 g/mol. The Bertz CT molecular complexity index is 2190. The maximum absolute atomic E-state index is 12.7. The van der Waals surface area contributed by atoms with E-state index in [1.54, 1.807) is 0 Å². The van der Waals surface area contributed by atoms with Crippen LogP contribution in [0.3, 0.4) is 0 Å². The van der Waals surface area contributed by atoms with E-state index in [1.165, 1.54) is 97.1 Å².